The second-order valence-corrected chi connectivity index (χ2v) is 5.04. The molecule has 1 heterocycles. The molecule has 1 fully saturated rings. The average molecular weight is 229 g/mol. The molecule has 2 nitrogen and oxygen atoms in total. The molecule has 1 aromatic heterocycles. The Morgan fingerprint density at radius 2 is 2.20 bits per heavy atom. The van der Waals surface area contributed by atoms with Gasteiger partial charge >= 0.3 is 0 Å². The molecular formula is C11H14ClFN2. The quantitative estimate of drug-likeness (QED) is 0.857. The van der Waals surface area contributed by atoms with Crippen LogP contribution in [0.15, 0.2) is 12.3 Å². The van der Waals surface area contributed by atoms with Gasteiger partial charge in [-0.1, -0.05) is 11.6 Å². The van der Waals surface area contributed by atoms with Gasteiger partial charge in [0, 0.05) is 11.7 Å². The molecule has 0 bridgehead atoms. The van der Waals surface area contributed by atoms with Crippen molar-refractivity contribution in [2.45, 2.75) is 32.2 Å². The van der Waals surface area contributed by atoms with Gasteiger partial charge in [0.05, 0.1) is 5.02 Å². The summed E-state index contributed by atoms with van der Waals surface area (Å²) in [6.45, 7) is 4.14. The van der Waals surface area contributed by atoms with Crippen LogP contribution in [-0.2, 0) is 0 Å². The van der Waals surface area contributed by atoms with E-state index in [9.17, 15) is 4.39 Å². The maximum Gasteiger partial charge on any atom is 0.166 e. The first kappa shape index (κ1) is 10.7. The number of pyridine rings is 1. The Bertz CT molecular complexity index is 375. The van der Waals surface area contributed by atoms with E-state index in [-0.39, 0.29) is 11.4 Å². The molecule has 0 aliphatic heterocycles. The van der Waals surface area contributed by atoms with Crippen LogP contribution in [0.2, 0.25) is 5.02 Å². The van der Waals surface area contributed by atoms with E-state index in [4.69, 9.17) is 11.6 Å². The second-order valence-electron chi connectivity index (χ2n) is 4.60. The fourth-order valence-corrected chi connectivity index (χ4v) is 1.86. The lowest BCUT2D eigenvalue weighted by Gasteiger charge is -2.26. The number of hydrogen-bond acceptors (Lipinski definition) is 2. The maximum atomic E-state index is 13.5. The third-order valence-electron chi connectivity index (χ3n) is 2.85. The predicted octanol–water partition coefficient (Wildman–Crippen LogP) is 3.47. The fourth-order valence-electron chi connectivity index (χ4n) is 1.72. The minimum atomic E-state index is -0.392. The summed E-state index contributed by atoms with van der Waals surface area (Å²) >= 11 is 5.63. The van der Waals surface area contributed by atoms with Crippen LogP contribution in [0.3, 0.4) is 0 Å². The monoisotopic (exact) mass is 228 g/mol. The van der Waals surface area contributed by atoms with Gasteiger partial charge in [-0.3, -0.25) is 0 Å². The Morgan fingerprint density at radius 1 is 1.53 bits per heavy atom. The third-order valence-corrected chi connectivity index (χ3v) is 3.05. The first-order chi connectivity index (χ1) is 6.99. The molecule has 15 heavy (non-hydrogen) atoms. The summed E-state index contributed by atoms with van der Waals surface area (Å²) in [6.07, 6.45) is 3.86. The summed E-state index contributed by atoms with van der Waals surface area (Å²) in [7, 11) is 0. The SMILES string of the molecule is CC(C)(Nc1ncc(Cl)cc1F)C1CC1. The van der Waals surface area contributed by atoms with Crippen molar-refractivity contribution in [2.75, 3.05) is 5.32 Å². The van der Waals surface area contributed by atoms with Crippen LogP contribution in [0.1, 0.15) is 26.7 Å². The summed E-state index contributed by atoms with van der Waals surface area (Å²) in [6, 6.07) is 1.28. The highest BCUT2D eigenvalue weighted by atomic mass is 35.5. The van der Waals surface area contributed by atoms with Gasteiger partial charge in [0.25, 0.3) is 0 Å². The van der Waals surface area contributed by atoms with Gasteiger partial charge in [-0.2, -0.15) is 0 Å². The minimum absolute atomic E-state index is 0.0956. The highest BCUT2D eigenvalue weighted by molar-refractivity contribution is 6.30. The second kappa shape index (κ2) is 3.63. The lowest BCUT2D eigenvalue weighted by molar-refractivity contribution is 0.486. The molecule has 0 atom stereocenters. The summed E-state index contributed by atoms with van der Waals surface area (Å²) in [5.74, 6) is 0.516. The number of nitrogens with zero attached hydrogens (tertiary/aromatic N) is 1. The van der Waals surface area contributed by atoms with Crippen molar-refractivity contribution >= 4 is 17.4 Å². The van der Waals surface area contributed by atoms with Crippen molar-refractivity contribution in [1.82, 2.24) is 4.98 Å². The Labute approximate surface area is 93.9 Å². The molecule has 1 aliphatic rings. The topological polar surface area (TPSA) is 24.9 Å². The lowest BCUT2D eigenvalue weighted by Crippen LogP contribution is -2.34. The van der Waals surface area contributed by atoms with E-state index in [2.05, 4.69) is 24.1 Å². The van der Waals surface area contributed by atoms with Gasteiger partial charge < -0.3 is 5.32 Å². The van der Waals surface area contributed by atoms with Crippen molar-refractivity contribution in [3.8, 4) is 0 Å². The molecular weight excluding hydrogens is 215 g/mol. The van der Waals surface area contributed by atoms with Gasteiger partial charge in [0.2, 0.25) is 0 Å². The molecule has 2 rings (SSSR count). The van der Waals surface area contributed by atoms with Crippen molar-refractivity contribution in [1.29, 1.82) is 0 Å². The minimum Gasteiger partial charge on any atom is -0.362 e. The van der Waals surface area contributed by atoms with E-state index < -0.39 is 5.82 Å². The molecule has 0 amide bonds. The van der Waals surface area contributed by atoms with Gasteiger partial charge in [-0.15, -0.1) is 0 Å². The van der Waals surface area contributed by atoms with Crippen LogP contribution >= 0.6 is 11.6 Å². The normalized spacial score (nSPS) is 16.5. The summed E-state index contributed by atoms with van der Waals surface area (Å²) < 4.78 is 13.5. The molecule has 0 aromatic carbocycles. The van der Waals surface area contributed by atoms with Crippen LogP contribution in [0.5, 0.6) is 0 Å². The molecule has 0 saturated heterocycles. The van der Waals surface area contributed by atoms with Gasteiger partial charge in [0.15, 0.2) is 11.6 Å². The molecule has 0 unspecified atom stereocenters. The Kier molecular flexibility index (Phi) is 2.59. The summed E-state index contributed by atoms with van der Waals surface area (Å²) in [5, 5.41) is 3.45. The molecule has 0 spiro atoms. The molecule has 82 valence electrons. The largest absolute Gasteiger partial charge is 0.362 e. The number of hydrogen-bond donors (Lipinski definition) is 1. The van der Waals surface area contributed by atoms with Crippen LogP contribution in [0.4, 0.5) is 10.2 Å². The standard InChI is InChI=1S/C11H14ClFN2/c1-11(2,7-3-4-7)15-10-9(13)5-8(12)6-14-10/h5-7H,3-4H2,1-2H3,(H,14,15). The summed E-state index contributed by atoms with van der Waals surface area (Å²) in [5.41, 5.74) is -0.0956. The summed E-state index contributed by atoms with van der Waals surface area (Å²) in [4.78, 5) is 3.96. The first-order valence-electron chi connectivity index (χ1n) is 5.08. The van der Waals surface area contributed by atoms with E-state index in [1.54, 1.807) is 0 Å². The van der Waals surface area contributed by atoms with Crippen molar-refractivity contribution < 1.29 is 4.39 Å². The number of nitrogens with one attached hydrogen (secondary N) is 1. The van der Waals surface area contributed by atoms with Gasteiger partial charge in [-0.05, 0) is 38.7 Å². The molecule has 1 saturated carbocycles. The molecule has 4 heteroatoms. The Hall–Kier alpha value is -0.830. The number of aromatic nitrogens is 1. The number of anilines is 1. The van der Waals surface area contributed by atoms with Gasteiger partial charge in [-0.25, -0.2) is 9.37 Å². The highest BCUT2D eigenvalue weighted by Crippen LogP contribution is 2.41. The molecule has 1 N–H and O–H groups in total. The van der Waals surface area contributed by atoms with Crippen LogP contribution < -0.4 is 5.32 Å². The molecule has 1 aromatic rings. The molecule has 1 aliphatic carbocycles. The highest BCUT2D eigenvalue weighted by Gasteiger charge is 2.38. The number of halogens is 2. The zero-order valence-corrected chi connectivity index (χ0v) is 9.61. The smallest absolute Gasteiger partial charge is 0.166 e. The third kappa shape index (κ3) is 2.40. The van der Waals surface area contributed by atoms with Crippen molar-refractivity contribution in [2.24, 2.45) is 5.92 Å². The van der Waals surface area contributed by atoms with Crippen LogP contribution in [0.25, 0.3) is 0 Å². The maximum absolute atomic E-state index is 13.5. The number of rotatable bonds is 3. The van der Waals surface area contributed by atoms with E-state index in [1.165, 1.54) is 25.1 Å². The predicted molar refractivity (Wildman–Crippen MR) is 59.6 cm³/mol. The van der Waals surface area contributed by atoms with Crippen LogP contribution in [0, 0.1) is 11.7 Å². The Balaban J connectivity index is 2.16. The average Bonchev–Trinajstić information content (AvgIpc) is 2.92. The van der Waals surface area contributed by atoms with E-state index >= 15 is 0 Å². The zero-order chi connectivity index (χ0) is 11.1. The Morgan fingerprint density at radius 3 is 2.73 bits per heavy atom. The van der Waals surface area contributed by atoms with Gasteiger partial charge in [0.1, 0.15) is 0 Å². The van der Waals surface area contributed by atoms with Crippen molar-refractivity contribution in [3.63, 3.8) is 0 Å². The zero-order valence-electron chi connectivity index (χ0n) is 8.85. The first-order valence-corrected chi connectivity index (χ1v) is 5.46. The van der Waals surface area contributed by atoms with Crippen LogP contribution in [-0.4, -0.2) is 10.5 Å². The van der Waals surface area contributed by atoms with Crippen molar-refractivity contribution in [3.05, 3.63) is 23.1 Å². The lowest BCUT2D eigenvalue weighted by atomic mass is 9.99. The molecule has 0 radical (unpaired) electrons. The van der Waals surface area contributed by atoms with E-state index in [1.807, 2.05) is 0 Å². The van der Waals surface area contributed by atoms with E-state index in [0.717, 1.165) is 0 Å². The van der Waals surface area contributed by atoms with E-state index in [0.29, 0.717) is 10.9 Å². The fraction of sp³-hybridized carbons (Fsp3) is 0.545.